The molecule has 1 fully saturated rings. The molecule has 2 aromatic rings. The first kappa shape index (κ1) is 23.1. The van der Waals surface area contributed by atoms with Crippen LogP contribution >= 0.6 is 35.3 Å². The van der Waals surface area contributed by atoms with Gasteiger partial charge in [0, 0.05) is 25.0 Å². The van der Waals surface area contributed by atoms with Crippen molar-refractivity contribution in [2.24, 2.45) is 4.99 Å². The van der Waals surface area contributed by atoms with E-state index in [0.29, 0.717) is 12.6 Å². The van der Waals surface area contributed by atoms with Crippen LogP contribution in [-0.4, -0.2) is 63.1 Å². The molecule has 0 bridgehead atoms. The number of rotatable bonds is 5. The van der Waals surface area contributed by atoms with Gasteiger partial charge in [0.25, 0.3) is 0 Å². The Hall–Kier alpha value is -1.16. The molecule has 7 heteroatoms. The Morgan fingerprint density at radius 3 is 2.75 bits per heavy atom. The molecular formula is C21H31IN4OS. The van der Waals surface area contributed by atoms with Crippen molar-refractivity contribution in [2.45, 2.75) is 19.1 Å². The zero-order valence-corrected chi connectivity index (χ0v) is 20.2. The van der Waals surface area contributed by atoms with E-state index in [1.807, 2.05) is 7.05 Å². The van der Waals surface area contributed by atoms with E-state index in [-0.39, 0.29) is 30.1 Å². The monoisotopic (exact) mass is 514 g/mol. The van der Waals surface area contributed by atoms with E-state index in [0.717, 1.165) is 25.6 Å². The number of ether oxygens (including phenoxy) is 1. The number of benzene rings is 1. The molecule has 5 nitrogen and oxygen atoms in total. The minimum absolute atomic E-state index is 0. The van der Waals surface area contributed by atoms with Crippen LogP contribution in [0, 0.1) is 6.92 Å². The van der Waals surface area contributed by atoms with Gasteiger partial charge in [-0.1, -0.05) is 30.3 Å². The average Bonchev–Trinajstić information content (AvgIpc) is 3.20. The van der Waals surface area contributed by atoms with E-state index in [2.05, 4.69) is 82.9 Å². The van der Waals surface area contributed by atoms with Crippen LogP contribution < -0.4 is 5.32 Å². The topological polar surface area (TPSA) is 40.1 Å². The van der Waals surface area contributed by atoms with E-state index in [9.17, 15) is 0 Å². The summed E-state index contributed by atoms with van der Waals surface area (Å²) in [6, 6.07) is 13.1. The Morgan fingerprint density at radius 2 is 2.11 bits per heavy atom. The number of aliphatic imine (C=N–C) groups is 1. The summed E-state index contributed by atoms with van der Waals surface area (Å²) >= 11 is 1.80. The number of aryl methyl sites for hydroxylation is 1. The van der Waals surface area contributed by atoms with Crippen molar-refractivity contribution in [3.05, 3.63) is 57.8 Å². The largest absolute Gasteiger partial charge is 0.370 e. The zero-order chi connectivity index (χ0) is 19.2. The zero-order valence-electron chi connectivity index (χ0n) is 17.1. The first-order valence-electron chi connectivity index (χ1n) is 9.42. The van der Waals surface area contributed by atoms with E-state index in [1.54, 1.807) is 11.3 Å². The van der Waals surface area contributed by atoms with Crippen LogP contribution in [0.4, 0.5) is 0 Å². The van der Waals surface area contributed by atoms with Crippen LogP contribution in [0.25, 0.3) is 0 Å². The minimum Gasteiger partial charge on any atom is -0.370 e. The quantitative estimate of drug-likeness (QED) is 0.373. The van der Waals surface area contributed by atoms with Gasteiger partial charge in [-0.25, -0.2) is 0 Å². The van der Waals surface area contributed by atoms with Gasteiger partial charge in [-0.2, -0.15) is 0 Å². The van der Waals surface area contributed by atoms with E-state index in [1.165, 1.54) is 16.0 Å². The molecule has 0 radical (unpaired) electrons. The highest BCUT2D eigenvalue weighted by molar-refractivity contribution is 14.0. The molecule has 1 aromatic carbocycles. The summed E-state index contributed by atoms with van der Waals surface area (Å²) in [7, 11) is 6.10. The second kappa shape index (κ2) is 11.1. The molecule has 0 aliphatic carbocycles. The highest BCUT2D eigenvalue weighted by Crippen LogP contribution is 2.25. The van der Waals surface area contributed by atoms with Crippen LogP contribution in [0.2, 0.25) is 0 Å². The normalized spacial score (nSPS) is 18.7. The van der Waals surface area contributed by atoms with Crippen molar-refractivity contribution < 1.29 is 4.74 Å². The Balaban J connectivity index is 0.00000280. The summed E-state index contributed by atoms with van der Waals surface area (Å²) in [6.07, 6.45) is 0.0837. The molecule has 2 atom stereocenters. The molecule has 2 heterocycles. The lowest BCUT2D eigenvalue weighted by Crippen LogP contribution is -2.49. The predicted octanol–water partition coefficient (Wildman–Crippen LogP) is 3.93. The molecule has 1 aliphatic heterocycles. The highest BCUT2D eigenvalue weighted by atomic mass is 127. The third kappa shape index (κ3) is 5.68. The van der Waals surface area contributed by atoms with Crippen molar-refractivity contribution >= 4 is 41.3 Å². The molecule has 1 saturated heterocycles. The van der Waals surface area contributed by atoms with Crippen LogP contribution in [0.5, 0.6) is 0 Å². The summed E-state index contributed by atoms with van der Waals surface area (Å²) in [4.78, 5) is 10.5. The van der Waals surface area contributed by atoms with Gasteiger partial charge < -0.3 is 19.9 Å². The lowest BCUT2D eigenvalue weighted by Gasteiger charge is -2.36. The molecule has 1 aromatic heterocycles. The van der Waals surface area contributed by atoms with Crippen molar-refractivity contribution in [1.82, 2.24) is 15.1 Å². The molecule has 154 valence electrons. The third-order valence-corrected chi connectivity index (χ3v) is 6.04. The number of guanidine groups is 1. The van der Waals surface area contributed by atoms with Gasteiger partial charge in [0.05, 0.1) is 19.2 Å². The second-order valence-electron chi connectivity index (χ2n) is 7.08. The molecule has 3 rings (SSSR count). The predicted molar refractivity (Wildman–Crippen MR) is 129 cm³/mol. The molecule has 0 amide bonds. The van der Waals surface area contributed by atoms with Gasteiger partial charge in [0.2, 0.25) is 0 Å². The minimum atomic E-state index is 0. The number of morpholine rings is 1. The van der Waals surface area contributed by atoms with E-state index >= 15 is 0 Å². The molecule has 0 saturated carbocycles. The summed E-state index contributed by atoms with van der Waals surface area (Å²) in [5.74, 6) is 0.945. The molecule has 0 spiro atoms. The van der Waals surface area contributed by atoms with Gasteiger partial charge in [0.1, 0.15) is 6.10 Å². The lowest BCUT2D eigenvalue weighted by molar-refractivity contribution is -0.00839. The van der Waals surface area contributed by atoms with Crippen molar-refractivity contribution in [3.8, 4) is 0 Å². The smallest absolute Gasteiger partial charge is 0.193 e. The number of hydrogen-bond donors (Lipinski definition) is 1. The van der Waals surface area contributed by atoms with E-state index < -0.39 is 0 Å². The summed E-state index contributed by atoms with van der Waals surface area (Å²) in [5.41, 5.74) is 2.54. The number of nitrogens with one attached hydrogen (secondary N) is 1. The van der Waals surface area contributed by atoms with Crippen molar-refractivity contribution in [3.63, 3.8) is 0 Å². The fourth-order valence-corrected chi connectivity index (χ4v) is 4.44. The van der Waals surface area contributed by atoms with Gasteiger partial charge in [-0.05, 0) is 43.6 Å². The van der Waals surface area contributed by atoms with Gasteiger partial charge >= 0.3 is 0 Å². The Morgan fingerprint density at radius 1 is 1.32 bits per heavy atom. The maximum Gasteiger partial charge on any atom is 0.193 e. The number of hydrogen-bond acceptors (Lipinski definition) is 4. The number of likely N-dealkylation sites (N-methyl/N-ethyl adjacent to an activating group) is 1. The lowest BCUT2D eigenvalue weighted by atomic mass is 10.0. The third-order valence-electron chi connectivity index (χ3n) is 5.06. The maximum absolute atomic E-state index is 6.06. The molecule has 1 aliphatic rings. The van der Waals surface area contributed by atoms with Crippen LogP contribution in [0.1, 0.15) is 28.1 Å². The molecular weight excluding hydrogens is 483 g/mol. The maximum atomic E-state index is 6.06. The van der Waals surface area contributed by atoms with Gasteiger partial charge in [-0.15, -0.1) is 35.3 Å². The second-order valence-corrected chi connectivity index (χ2v) is 8.06. The number of nitrogens with zero attached hydrogens (tertiary/aromatic N) is 3. The first-order valence-corrected chi connectivity index (χ1v) is 10.3. The van der Waals surface area contributed by atoms with Crippen molar-refractivity contribution in [2.75, 3.05) is 47.4 Å². The fraction of sp³-hybridized carbons (Fsp3) is 0.476. The average molecular weight is 514 g/mol. The molecule has 2 unspecified atom stereocenters. The van der Waals surface area contributed by atoms with Crippen LogP contribution in [0.15, 0.2) is 46.8 Å². The fourth-order valence-electron chi connectivity index (χ4n) is 3.52. The summed E-state index contributed by atoms with van der Waals surface area (Å²) < 4.78 is 6.06. The SMILES string of the molecule is CN=C(NCC(c1cccs1)N(C)C)N1CCOC(c2ccccc2C)C1.I. The van der Waals surface area contributed by atoms with Crippen LogP contribution in [-0.2, 0) is 4.74 Å². The molecule has 28 heavy (non-hydrogen) atoms. The number of thiophene rings is 1. The van der Waals surface area contributed by atoms with Crippen molar-refractivity contribution in [1.29, 1.82) is 0 Å². The Kier molecular flexibility index (Phi) is 9.20. The van der Waals surface area contributed by atoms with Gasteiger partial charge in [0.15, 0.2) is 5.96 Å². The molecule has 1 N–H and O–H groups in total. The highest BCUT2D eigenvalue weighted by Gasteiger charge is 2.26. The number of halogens is 1. The Bertz CT molecular complexity index is 751. The first-order chi connectivity index (χ1) is 13.1. The van der Waals surface area contributed by atoms with Crippen LogP contribution in [0.3, 0.4) is 0 Å². The summed E-state index contributed by atoms with van der Waals surface area (Å²) in [6.45, 7) is 5.35. The Labute approximate surface area is 189 Å². The summed E-state index contributed by atoms with van der Waals surface area (Å²) in [5, 5.41) is 5.72. The van der Waals surface area contributed by atoms with Gasteiger partial charge in [-0.3, -0.25) is 4.99 Å². The standard InChI is InChI=1S/C21H30N4OS.HI/c1-16-8-5-6-9-17(16)19-15-25(11-12-26-19)21(22-2)23-14-18(24(3)4)20-10-7-13-27-20;/h5-10,13,18-19H,11-12,14-15H2,1-4H3,(H,22,23);1H. The van der Waals surface area contributed by atoms with E-state index in [4.69, 9.17) is 4.74 Å².